The van der Waals surface area contributed by atoms with Gasteiger partial charge in [0.2, 0.25) is 23.5 Å². The second-order valence-corrected chi connectivity index (χ2v) is 22.3. The number of aryl methyl sites for hydroxylation is 3. The van der Waals surface area contributed by atoms with Gasteiger partial charge in [0, 0.05) is 107 Å². The van der Waals surface area contributed by atoms with Crippen molar-refractivity contribution >= 4 is 75.7 Å². The van der Waals surface area contributed by atoms with E-state index in [0.717, 1.165) is 40.9 Å². The van der Waals surface area contributed by atoms with Gasteiger partial charge in [0.1, 0.15) is 11.5 Å². The molecule has 1 aliphatic rings. The van der Waals surface area contributed by atoms with E-state index < -0.39 is 23.6 Å². The third-order valence-corrected chi connectivity index (χ3v) is 14.9. The number of nitrogens with two attached hydrogens (primary N) is 1. The average molecular weight is 1330 g/mol. The van der Waals surface area contributed by atoms with Gasteiger partial charge in [-0.15, -0.1) is 0 Å². The highest BCUT2D eigenvalue weighted by molar-refractivity contribution is 6.30. The lowest BCUT2D eigenvalue weighted by Crippen LogP contribution is -2.43. The highest BCUT2D eigenvalue weighted by Gasteiger charge is 2.33. The number of halogens is 1. The molecule has 7 rings (SSSR count). The number of ether oxygens (including phenoxy) is 8. The van der Waals surface area contributed by atoms with Gasteiger partial charge in [-0.3, -0.25) is 28.8 Å². The number of fused-ring (bicyclic) bond motifs is 1. The summed E-state index contributed by atoms with van der Waals surface area (Å²) < 4.78 is 49.2. The molecule has 0 unspecified atom stereocenters. The molecule has 9 N–H and O–H groups in total. The fraction of sp³-hybridized carbons (Fsp3) is 0.477. The molecule has 4 heterocycles. The number of hydrogen-bond acceptors (Lipinski definition) is 19. The van der Waals surface area contributed by atoms with Crippen molar-refractivity contribution in [2.24, 2.45) is 26.9 Å². The van der Waals surface area contributed by atoms with Crippen molar-refractivity contribution in [2.45, 2.75) is 45.2 Å². The van der Waals surface area contributed by atoms with Gasteiger partial charge in [-0.2, -0.15) is 0 Å². The molecule has 28 nitrogen and oxygen atoms in total. The van der Waals surface area contributed by atoms with Crippen LogP contribution in [0.3, 0.4) is 0 Å². The zero-order chi connectivity index (χ0) is 67.0. The van der Waals surface area contributed by atoms with Crippen LogP contribution >= 0.6 is 11.6 Å². The maximum absolute atomic E-state index is 12.9. The molecule has 2 atom stereocenters. The van der Waals surface area contributed by atoms with Crippen LogP contribution < -0.4 is 47.9 Å². The number of benzene rings is 3. The van der Waals surface area contributed by atoms with Crippen LogP contribution in [0.15, 0.2) is 91.4 Å². The Balaban J connectivity index is 0.606. The van der Waals surface area contributed by atoms with Crippen LogP contribution in [0.2, 0.25) is 5.02 Å². The maximum Gasteiger partial charge on any atom is 0.291 e. The largest absolute Gasteiger partial charge is 0.378 e. The van der Waals surface area contributed by atoms with E-state index in [4.69, 9.17) is 55.2 Å². The van der Waals surface area contributed by atoms with E-state index >= 15 is 0 Å². The predicted molar refractivity (Wildman–Crippen MR) is 356 cm³/mol. The van der Waals surface area contributed by atoms with Gasteiger partial charge in [-0.25, -0.2) is 9.97 Å². The molecule has 0 fully saturated rings. The third kappa shape index (κ3) is 23.9. The second kappa shape index (κ2) is 39.4. The van der Waals surface area contributed by atoms with Gasteiger partial charge in [0.25, 0.3) is 23.6 Å². The molecule has 510 valence electrons. The molecule has 6 aromatic rings. The van der Waals surface area contributed by atoms with Crippen molar-refractivity contribution in [3.05, 3.63) is 125 Å². The molecule has 3 aromatic heterocycles. The van der Waals surface area contributed by atoms with E-state index in [-0.39, 0.29) is 73.2 Å². The summed E-state index contributed by atoms with van der Waals surface area (Å²) >= 11 is 6.13. The van der Waals surface area contributed by atoms with E-state index in [1.807, 2.05) is 53.4 Å². The van der Waals surface area contributed by atoms with Crippen LogP contribution in [0.25, 0.3) is 11.1 Å². The standard InChI is InChI=1S/C65H89ClN14O14/c1-45-39-54(72-51-14-12-50(66)13-15-51)53-40-49(11-16-55(53)80(45)46(2)81)47-7-9-48(10-8-47)62(83)70-21-23-87-25-27-89-29-31-91-33-35-93-37-38-94-36-34-92-32-30-90-28-26-88-24-22-71-64(85)60-76-58(44-79(60)5)74-59(82)17-20-69-63(84)56-41-52(42-77(56)3)73-65(86)61-75-57(43-78(61)4)68-19-6-18-67/h7-16,40-45,54,68,72H,6,17-39,67H2,1-5H3,(H,69,84)(H,70,83)(H,71,85)(H,73,86)(H,74,82)/t45-,54+/m0/s1. The van der Waals surface area contributed by atoms with Crippen molar-refractivity contribution in [2.75, 3.05) is 165 Å². The zero-order valence-electron chi connectivity index (χ0n) is 54.1. The summed E-state index contributed by atoms with van der Waals surface area (Å²) in [6.45, 7) is 11.6. The summed E-state index contributed by atoms with van der Waals surface area (Å²) in [5, 5.41) is 21.2. The first-order valence-corrected chi connectivity index (χ1v) is 31.8. The van der Waals surface area contributed by atoms with Crippen LogP contribution in [-0.2, 0) is 68.6 Å². The molecule has 1 aliphatic heterocycles. The summed E-state index contributed by atoms with van der Waals surface area (Å²) in [6, 6.07) is 22.7. The lowest BCUT2D eigenvalue weighted by atomic mass is 9.88. The number of carbonyl (C=O) groups excluding carboxylic acids is 6. The maximum atomic E-state index is 12.9. The van der Waals surface area contributed by atoms with E-state index in [0.29, 0.717) is 141 Å². The van der Waals surface area contributed by atoms with E-state index in [2.05, 4.69) is 60.2 Å². The lowest BCUT2D eigenvalue weighted by molar-refractivity contribution is -0.117. The first kappa shape index (κ1) is 73.1. The molecule has 0 aliphatic carbocycles. The summed E-state index contributed by atoms with van der Waals surface area (Å²) in [5.41, 5.74) is 11.5. The van der Waals surface area contributed by atoms with Crippen molar-refractivity contribution in [3.63, 3.8) is 0 Å². The van der Waals surface area contributed by atoms with Crippen LogP contribution in [0.4, 0.5) is 28.7 Å². The Hall–Kier alpha value is -8.29. The van der Waals surface area contributed by atoms with Crippen LogP contribution in [0.1, 0.15) is 86.8 Å². The van der Waals surface area contributed by atoms with E-state index in [9.17, 15) is 28.8 Å². The Morgan fingerprint density at radius 3 is 1.62 bits per heavy atom. The number of rotatable bonds is 43. The third-order valence-electron chi connectivity index (χ3n) is 14.6. The lowest BCUT2D eigenvalue weighted by Gasteiger charge is -2.39. The summed E-state index contributed by atoms with van der Waals surface area (Å²) in [5.74, 6) is -0.966. The normalized spacial score (nSPS) is 13.5. The van der Waals surface area contributed by atoms with Crippen LogP contribution in [-0.4, -0.2) is 204 Å². The van der Waals surface area contributed by atoms with E-state index in [1.54, 1.807) is 61.7 Å². The molecule has 29 heteroatoms. The first-order chi connectivity index (χ1) is 45.6. The van der Waals surface area contributed by atoms with Gasteiger partial charge in [-0.1, -0.05) is 29.8 Å². The monoisotopic (exact) mass is 1320 g/mol. The number of nitrogens with one attached hydrogen (secondary N) is 7. The van der Waals surface area contributed by atoms with Crippen molar-refractivity contribution in [1.29, 1.82) is 0 Å². The Morgan fingerprint density at radius 2 is 1.05 bits per heavy atom. The quantitative estimate of drug-likeness (QED) is 0.0229. The van der Waals surface area contributed by atoms with Crippen molar-refractivity contribution < 1.29 is 66.7 Å². The minimum atomic E-state index is -0.451. The number of nitrogens with zero attached hydrogens (tertiary/aromatic N) is 6. The molecule has 94 heavy (non-hydrogen) atoms. The van der Waals surface area contributed by atoms with Gasteiger partial charge in [-0.05, 0) is 97.6 Å². The molecule has 0 radical (unpaired) electrons. The molecular weight excluding hydrogens is 1240 g/mol. The summed E-state index contributed by atoms with van der Waals surface area (Å²) in [7, 11) is 5.00. The number of hydrogen-bond donors (Lipinski definition) is 8. The molecule has 0 saturated carbocycles. The first-order valence-electron chi connectivity index (χ1n) is 31.4. The minimum Gasteiger partial charge on any atom is -0.378 e. The van der Waals surface area contributed by atoms with E-state index in [1.165, 1.54) is 16.8 Å². The Bertz CT molecular complexity index is 3360. The Kier molecular flexibility index (Phi) is 30.7. The van der Waals surface area contributed by atoms with Gasteiger partial charge in [0.15, 0.2) is 5.82 Å². The smallest absolute Gasteiger partial charge is 0.291 e. The average Bonchev–Trinajstić information content (AvgIpc) is 1.07. The molecule has 3 aromatic carbocycles. The van der Waals surface area contributed by atoms with Crippen LogP contribution in [0, 0.1) is 0 Å². The van der Waals surface area contributed by atoms with Crippen LogP contribution in [0.5, 0.6) is 0 Å². The number of anilines is 5. The Labute approximate surface area is 552 Å². The molecule has 0 bridgehead atoms. The summed E-state index contributed by atoms with van der Waals surface area (Å²) in [6.07, 6.45) is 6.24. The fourth-order valence-electron chi connectivity index (χ4n) is 9.97. The second-order valence-electron chi connectivity index (χ2n) is 21.9. The SMILES string of the molecule is CC(=O)N1c2ccc(-c3ccc(C(=O)NCCOCCOCCOCCOCCOCCOCCOCCOCCNC(=O)c4nc(NC(=O)CCNC(=O)c5cc(NC(=O)c6nc(NCCCN)cn6C)cn5C)cn4C)cc3)cc2[C@H](Nc2ccc(Cl)cc2)C[C@@H]1C. The minimum absolute atomic E-state index is 0.00110. The van der Waals surface area contributed by atoms with Gasteiger partial charge in [0.05, 0.1) is 117 Å². The van der Waals surface area contributed by atoms with Crippen molar-refractivity contribution in [3.8, 4) is 11.1 Å². The molecular formula is C65H89ClN14O14. The number of aromatic nitrogens is 5. The molecule has 0 saturated heterocycles. The number of carbonyl (C=O) groups is 6. The number of amides is 6. The van der Waals surface area contributed by atoms with Gasteiger partial charge >= 0.3 is 0 Å². The topological polar surface area (TPSA) is 330 Å². The predicted octanol–water partition coefficient (Wildman–Crippen LogP) is 5.18. The van der Waals surface area contributed by atoms with Crippen molar-refractivity contribution in [1.82, 2.24) is 39.6 Å². The van der Waals surface area contributed by atoms with Gasteiger partial charge < -0.3 is 99.4 Å². The fourth-order valence-corrected chi connectivity index (χ4v) is 10.1. The Morgan fingerprint density at radius 1 is 0.543 bits per heavy atom. The molecule has 6 amide bonds. The summed E-state index contributed by atoms with van der Waals surface area (Å²) in [4.78, 5) is 87.4. The highest BCUT2D eigenvalue weighted by atomic mass is 35.5. The highest BCUT2D eigenvalue weighted by Crippen LogP contribution is 2.41. The molecule has 0 spiro atoms. The number of imidazole rings is 2. The zero-order valence-corrected chi connectivity index (χ0v) is 54.9.